The molecular weight excluding hydrogens is 478 g/mol. The van der Waals surface area contributed by atoms with E-state index in [1.54, 1.807) is 35.6 Å². The summed E-state index contributed by atoms with van der Waals surface area (Å²) in [6.45, 7) is 6.17. The Bertz CT molecular complexity index is 1300. The van der Waals surface area contributed by atoms with E-state index >= 15 is 0 Å². The van der Waals surface area contributed by atoms with Crippen molar-refractivity contribution >= 4 is 27.1 Å². The number of nitrogens with zero attached hydrogens (tertiary/aromatic N) is 2. The predicted octanol–water partition coefficient (Wildman–Crippen LogP) is 4.94. The van der Waals surface area contributed by atoms with E-state index in [-0.39, 0.29) is 23.4 Å². The third-order valence-electron chi connectivity index (χ3n) is 6.00. The fourth-order valence-corrected chi connectivity index (χ4v) is 5.94. The Labute approximate surface area is 211 Å². The van der Waals surface area contributed by atoms with Gasteiger partial charge in [-0.25, -0.2) is 8.42 Å². The van der Waals surface area contributed by atoms with Gasteiger partial charge in [-0.2, -0.15) is 5.26 Å². The number of hydrogen-bond donors (Lipinski definition) is 1. The predicted molar refractivity (Wildman–Crippen MR) is 141 cm³/mol. The number of primary amides is 1. The summed E-state index contributed by atoms with van der Waals surface area (Å²) in [4.78, 5) is 15.8. The zero-order chi connectivity index (χ0) is 25.8. The summed E-state index contributed by atoms with van der Waals surface area (Å²) in [7, 11) is -3.26. The summed E-state index contributed by atoms with van der Waals surface area (Å²) in [5.74, 6) is -0.202. The van der Waals surface area contributed by atoms with Gasteiger partial charge in [-0.05, 0) is 65.1 Å². The van der Waals surface area contributed by atoms with Crippen molar-refractivity contribution in [2.24, 2.45) is 11.7 Å². The van der Waals surface area contributed by atoms with Crippen LogP contribution >= 0.6 is 11.3 Å². The number of thiophene rings is 1. The number of sulfone groups is 1. The van der Waals surface area contributed by atoms with Gasteiger partial charge in [0.2, 0.25) is 5.91 Å². The quantitative estimate of drug-likeness (QED) is 0.390. The molecule has 0 spiro atoms. The third kappa shape index (κ3) is 6.37. The molecule has 6 nitrogen and oxygen atoms in total. The van der Waals surface area contributed by atoms with Gasteiger partial charge in [0, 0.05) is 11.1 Å². The van der Waals surface area contributed by atoms with Crippen LogP contribution in [0.5, 0.6) is 0 Å². The lowest BCUT2D eigenvalue weighted by Gasteiger charge is -2.36. The van der Waals surface area contributed by atoms with E-state index < -0.39 is 21.8 Å². The van der Waals surface area contributed by atoms with Crippen molar-refractivity contribution in [2.45, 2.75) is 44.2 Å². The molecule has 1 heterocycles. The number of nitriles is 1. The highest BCUT2D eigenvalue weighted by molar-refractivity contribution is 7.90. The molecule has 1 aromatic heterocycles. The standard InChI is InChI=1S/C27H31N3O3S2/c1-18(2)17-24(27(29)31)30(15-14-28)25(26-19(3)13-16-34-26)22-7-5-20(6-8-22)21-9-11-23(12-10-21)35(4,32)33/h5-13,16,18,24-25H,15,17H2,1-4H3,(H2,29,31)/t24-,25-/m0/s1. The maximum absolute atomic E-state index is 12.5. The first-order chi connectivity index (χ1) is 16.5. The van der Waals surface area contributed by atoms with Gasteiger partial charge in [-0.3, -0.25) is 9.69 Å². The molecule has 2 aromatic carbocycles. The van der Waals surface area contributed by atoms with E-state index in [9.17, 15) is 18.5 Å². The molecule has 3 rings (SSSR count). The van der Waals surface area contributed by atoms with Crippen LogP contribution in [0.15, 0.2) is 64.9 Å². The molecule has 0 aliphatic carbocycles. The first kappa shape index (κ1) is 26.6. The van der Waals surface area contributed by atoms with Crippen LogP contribution in [0.4, 0.5) is 0 Å². The monoisotopic (exact) mass is 509 g/mol. The molecule has 184 valence electrons. The fourth-order valence-electron chi connectivity index (χ4n) is 4.24. The minimum atomic E-state index is -3.26. The van der Waals surface area contributed by atoms with Crippen molar-refractivity contribution in [1.29, 1.82) is 5.26 Å². The lowest BCUT2D eigenvalue weighted by Crippen LogP contribution is -2.47. The Hall–Kier alpha value is -2.99. The average Bonchev–Trinajstić information content (AvgIpc) is 3.22. The Morgan fingerprint density at radius 2 is 1.63 bits per heavy atom. The van der Waals surface area contributed by atoms with E-state index in [4.69, 9.17) is 5.73 Å². The van der Waals surface area contributed by atoms with E-state index in [1.807, 2.05) is 61.4 Å². The first-order valence-electron chi connectivity index (χ1n) is 11.4. The minimum Gasteiger partial charge on any atom is -0.368 e. The summed E-state index contributed by atoms with van der Waals surface area (Å²) in [6.07, 6.45) is 1.75. The summed E-state index contributed by atoms with van der Waals surface area (Å²) in [5.41, 5.74) is 9.73. The number of hydrogen-bond acceptors (Lipinski definition) is 6. The van der Waals surface area contributed by atoms with Gasteiger partial charge in [0.1, 0.15) is 0 Å². The topological polar surface area (TPSA) is 104 Å². The van der Waals surface area contributed by atoms with Crippen molar-refractivity contribution in [1.82, 2.24) is 4.90 Å². The fraction of sp³-hybridized carbons (Fsp3) is 0.333. The SMILES string of the molecule is Cc1ccsc1[C@H](c1ccc(-c2ccc(S(C)(=O)=O)cc2)cc1)N(CC#N)[C@@H](CC(C)C)C(N)=O. The number of carbonyl (C=O) groups is 1. The molecule has 0 bridgehead atoms. The molecule has 0 radical (unpaired) electrons. The summed E-state index contributed by atoms with van der Waals surface area (Å²) >= 11 is 1.60. The van der Waals surface area contributed by atoms with Gasteiger partial charge in [0.05, 0.1) is 29.6 Å². The average molecular weight is 510 g/mol. The summed E-state index contributed by atoms with van der Waals surface area (Å²) in [6, 6.07) is 18.2. The molecule has 0 saturated heterocycles. The van der Waals surface area contributed by atoms with Gasteiger partial charge < -0.3 is 5.73 Å². The molecule has 0 saturated carbocycles. The third-order valence-corrected chi connectivity index (χ3v) is 8.20. The van der Waals surface area contributed by atoms with Crippen LogP contribution in [0.2, 0.25) is 0 Å². The molecule has 0 aliphatic heterocycles. The lowest BCUT2D eigenvalue weighted by molar-refractivity contribution is -0.124. The van der Waals surface area contributed by atoms with Gasteiger partial charge in [-0.15, -0.1) is 11.3 Å². The second-order valence-corrected chi connectivity index (χ2v) is 12.1. The summed E-state index contributed by atoms with van der Waals surface area (Å²) in [5, 5.41) is 11.7. The van der Waals surface area contributed by atoms with Gasteiger partial charge in [-0.1, -0.05) is 50.2 Å². The Morgan fingerprint density at radius 1 is 1.06 bits per heavy atom. The molecule has 35 heavy (non-hydrogen) atoms. The second-order valence-electron chi connectivity index (χ2n) is 9.17. The molecule has 8 heteroatoms. The van der Waals surface area contributed by atoms with Crippen LogP contribution < -0.4 is 5.73 Å². The number of amides is 1. The number of rotatable bonds is 10. The highest BCUT2D eigenvalue weighted by atomic mass is 32.2. The van der Waals surface area contributed by atoms with Crippen molar-refractivity contribution < 1.29 is 13.2 Å². The van der Waals surface area contributed by atoms with Crippen molar-refractivity contribution in [3.05, 3.63) is 76.0 Å². The van der Waals surface area contributed by atoms with Crippen LogP contribution in [0.1, 0.15) is 42.3 Å². The molecule has 0 unspecified atom stereocenters. The van der Waals surface area contributed by atoms with E-state index in [1.165, 1.54) is 6.26 Å². The zero-order valence-corrected chi connectivity index (χ0v) is 22.1. The lowest BCUT2D eigenvalue weighted by atomic mass is 9.94. The Morgan fingerprint density at radius 3 is 2.06 bits per heavy atom. The molecular formula is C27H31N3O3S2. The van der Waals surface area contributed by atoms with Gasteiger partial charge >= 0.3 is 0 Å². The number of benzene rings is 2. The normalized spacial score (nSPS) is 13.5. The van der Waals surface area contributed by atoms with Crippen LogP contribution in [-0.2, 0) is 14.6 Å². The smallest absolute Gasteiger partial charge is 0.234 e. The highest BCUT2D eigenvalue weighted by Crippen LogP contribution is 2.37. The Balaban J connectivity index is 2.05. The molecule has 2 atom stereocenters. The Kier molecular flexibility index (Phi) is 8.49. The van der Waals surface area contributed by atoms with E-state index in [0.29, 0.717) is 6.42 Å². The maximum Gasteiger partial charge on any atom is 0.234 e. The molecule has 0 fully saturated rings. The zero-order valence-electron chi connectivity index (χ0n) is 20.4. The van der Waals surface area contributed by atoms with Crippen molar-refractivity contribution in [3.63, 3.8) is 0 Å². The molecule has 2 N–H and O–H groups in total. The van der Waals surface area contributed by atoms with E-state index in [2.05, 4.69) is 6.07 Å². The first-order valence-corrected chi connectivity index (χ1v) is 14.2. The van der Waals surface area contributed by atoms with Gasteiger partial charge in [0.15, 0.2) is 9.84 Å². The number of nitrogens with two attached hydrogens (primary N) is 1. The minimum absolute atomic E-state index is 0.0665. The van der Waals surface area contributed by atoms with E-state index in [0.717, 1.165) is 27.1 Å². The van der Waals surface area contributed by atoms with Crippen LogP contribution in [0, 0.1) is 24.2 Å². The molecule has 3 aromatic rings. The summed E-state index contributed by atoms with van der Waals surface area (Å²) < 4.78 is 23.5. The number of carbonyl (C=O) groups excluding carboxylic acids is 1. The maximum atomic E-state index is 12.5. The molecule has 1 amide bonds. The van der Waals surface area contributed by atoms with Crippen molar-refractivity contribution in [2.75, 3.05) is 12.8 Å². The largest absolute Gasteiger partial charge is 0.368 e. The van der Waals surface area contributed by atoms with Crippen LogP contribution in [-0.4, -0.2) is 38.1 Å². The number of aryl methyl sites for hydroxylation is 1. The second kappa shape index (κ2) is 11.2. The van der Waals surface area contributed by atoms with Crippen LogP contribution in [0.25, 0.3) is 11.1 Å². The highest BCUT2D eigenvalue weighted by Gasteiger charge is 2.34. The van der Waals surface area contributed by atoms with Crippen molar-refractivity contribution in [3.8, 4) is 17.2 Å². The van der Waals surface area contributed by atoms with Crippen LogP contribution in [0.3, 0.4) is 0 Å². The molecule has 0 aliphatic rings. The van der Waals surface area contributed by atoms with Gasteiger partial charge in [0.25, 0.3) is 0 Å².